The summed E-state index contributed by atoms with van der Waals surface area (Å²) in [7, 11) is 0. The minimum atomic E-state index is -0.258. The van der Waals surface area contributed by atoms with Crippen LogP contribution in [-0.4, -0.2) is 17.3 Å². The van der Waals surface area contributed by atoms with E-state index in [0.717, 1.165) is 25.7 Å². The average molecular weight is 141 g/mol. The van der Waals surface area contributed by atoms with Crippen molar-refractivity contribution in [3.8, 4) is 0 Å². The lowest BCUT2D eigenvalue weighted by Crippen LogP contribution is -2.22. The normalized spacial score (nSPS) is 35.0. The molecule has 58 valence electrons. The molecule has 0 saturated carbocycles. The predicted molar refractivity (Wildman–Crippen MR) is 41.6 cm³/mol. The number of nitrogens with two attached hydrogens (primary N) is 1. The largest absolute Gasteiger partial charge is 0.389 e. The van der Waals surface area contributed by atoms with E-state index in [-0.39, 0.29) is 6.10 Å². The van der Waals surface area contributed by atoms with Crippen LogP contribution in [0, 0.1) is 0 Å². The number of allylic oxidation sites excluding steroid dienone is 1. The third-order valence-corrected chi connectivity index (χ3v) is 1.90. The van der Waals surface area contributed by atoms with Crippen molar-refractivity contribution in [2.75, 3.05) is 0 Å². The maximum Gasteiger partial charge on any atom is 0.0721 e. The highest BCUT2D eigenvalue weighted by Gasteiger charge is 2.07. The van der Waals surface area contributed by atoms with Gasteiger partial charge < -0.3 is 10.8 Å². The third-order valence-electron chi connectivity index (χ3n) is 1.90. The maximum atomic E-state index is 9.19. The van der Waals surface area contributed by atoms with Crippen LogP contribution in [0.4, 0.5) is 0 Å². The number of aliphatic hydroxyl groups is 1. The molecule has 0 bridgehead atoms. The van der Waals surface area contributed by atoms with Gasteiger partial charge in [0, 0.05) is 6.04 Å². The summed E-state index contributed by atoms with van der Waals surface area (Å²) in [6.07, 6.45) is 7.46. The van der Waals surface area contributed by atoms with E-state index in [1.807, 2.05) is 12.2 Å². The van der Waals surface area contributed by atoms with Crippen molar-refractivity contribution in [3.05, 3.63) is 12.2 Å². The third kappa shape index (κ3) is 2.50. The summed E-state index contributed by atoms with van der Waals surface area (Å²) in [5, 5.41) is 9.19. The zero-order chi connectivity index (χ0) is 7.40. The molecule has 2 atom stereocenters. The highest BCUT2D eigenvalue weighted by atomic mass is 16.3. The Hall–Kier alpha value is -0.340. The number of aliphatic hydroxyl groups excluding tert-OH is 1. The van der Waals surface area contributed by atoms with Gasteiger partial charge >= 0.3 is 0 Å². The topological polar surface area (TPSA) is 46.2 Å². The smallest absolute Gasteiger partial charge is 0.0721 e. The molecule has 0 fully saturated rings. The molecular formula is C8H15NO. The standard InChI is InChI=1S/C8H15NO/c9-7-3-1-2-4-8(10)6-5-7/h2,4,7-8,10H,1,3,5-6,9H2. The van der Waals surface area contributed by atoms with E-state index in [2.05, 4.69) is 0 Å². The molecule has 0 aromatic carbocycles. The highest BCUT2D eigenvalue weighted by molar-refractivity contribution is 4.91. The predicted octanol–water partition coefficient (Wildman–Crippen LogP) is 0.805. The Balaban J connectivity index is 2.38. The molecule has 0 amide bonds. The van der Waals surface area contributed by atoms with Crippen molar-refractivity contribution in [3.63, 3.8) is 0 Å². The fourth-order valence-corrected chi connectivity index (χ4v) is 1.19. The number of hydrogen-bond donors (Lipinski definition) is 2. The van der Waals surface area contributed by atoms with Gasteiger partial charge in [0.2, 0.25) is 0 Å². The summed E-state index contributed by atoms with van der Waals surface area (Å²) in [6.45, 7) is 0. The summed E-state index contributed by atoms with van der Waals surface area (Å²) in [4.78, 5) is 0. The lowest BCUT2D eigenvalue weighted by atomic mass is 10.0. The molecule has 1 rings (SSSR count). The second-order valence-electron chi connectivity index (χ2n) is 2.91. The molecule has 10 heavy (non-hydrogen) atoms. The van der Waals surface area contributed by atoms with Crippen LogP contribution in [0.5, 0.6) is 0 Å². The van der Waals surface area contributed by atoms with E-state index in [1.54, 1.807) is 0 Å². The van der Waals surface area contributed by atoms with Crippen molar-refractivity contribution in [2.24, 2.45) is 5.73 Å². The van der Waals surface area contributed by atoms with Crippen molar-refractivity contribution >= 4 is 0 Å². The minimum absolute atomic E-state index is 0.258. The fourth-order valence-electron chi connectivity index (χ4n) is 1.19. The van der Waals surface area contributed by atoms with Crippen LogP contribution < -0.4 is 5.73 Å². The van der Waals surface area contributed by atoms with Crippen LogP contribution >= 0.6 is 0 Å². The summed E-state index contributed by atoms with van der Waals surface area (Å²) in [5.74, 6) is 0. The molecule has 0 radical (unpaired) electrons. The monoisotopic (exact) mass is 141 g/mol. The van der Waals surface area contributed by atoms with Crippen molar-refractivity contribution < 1.29 is 5.11 Å². The van der Waals surface area contributed by atoms with Gasteiger partial charge in [-0.3, -0.25) is 0 Å². The highest BCUT2D eigenvalue weighted by Crippen LogP contribution is 2.10. The van der Waals surface area contributed by atoms with Crippen molar-refractivity contribution in [1.82, 2.24) is 0 Å². The average Bonchev–Trinajstić information content (AvgIpc) is 1.90. The Bertz CT molecular complexity index is 122. The van der Waals surface area contributed by atoms with Gasteiger partial charge in [-0.05, 0) is 25.7 Å². The first-order valence-corrected chi connectivity index (χ1v) is 3.89. The summed E-state index contributed by atoms with van der Waals surface area (Å²) in [5.41, 5.74) is 5.72. The van der Waals surface area contributed by atoms with E-state index >= 15 is 0 Å². The first-order valence-electron chi connectivity index (χ1n) is 3.89. The van der Waals surface area contributed by atoms with Crippen LogP contribution in [0.1, 0.15) is 25.7 Å². The molecule has 2 unspecified atom stereocenters. The molecule has 0 aromatic rings. The van der Waals surface area contributed by atoms with Crippen molar-refractivity contribution in [2.45, 2.75) is 37.8 Å². The Morgan fingerprint density at radius 1 is 1.30 bits per heavy atom. The van der Waals surface area contributed by atoms with E-state index in [1.165, 1.54) is 0 Å². The van der Waals surface area contributed by atoms with Crippen LogP contribution in [0.3, 0.4) is 0 Å². The molecule has 0 saturated heterocycles. The Morgan fingerprint density at radius 2 is 2.10 bits per heavy atom. The van der Waals surface area contributed by atoms with Gasteiger partial charge in [0.15, 0.2) is 0 Å². The van der Waals surface area contributed by atoms with E-state index in [4.69, 9.17) is 5.73 Å². The zero-order valence-electron chi connectivity index (χ0n) is 6.16. The number of hydrogen-bond acceptors (Lipinski definition) is 2. The first kappa shape index (κ1) is 7.76. The van der Waals surface area contributed by atoms with E-state index in [0.29, 0.717) is 6.04 Å². The fraction of sp³-hybridized carbons (Fsp3) is 0.750. The van der Waals surface area contributed by atoms with E-state index in [9.17, 15) is 5.11 Å². The van der Waals surface area contributed by atoms with Gasteiger partial charge in [-0.2, -0.15) is 0 Å². The molecular weight excluding hydrogens is 126 g/mol. The molecule has 0 heterocycles. The van der Waals surface area contributed by atoms with Gasteiger partial charge in [-0.1, -0.05) is 12.2 Å². The molecule has 0 spiro atoms. The van der Waals surface area contributed by atoms with Gasteiger partial charge in [0.05, 0.1) is 6.10 Å². The second kappa shape index (κ2) is 3.74. The zero-order valence-corrected chi connectivity index (χ0v) is 6.16. The van der Waals surface area contributed by atoms with Crippen LogP contribution in [0.15, 0.2) is 12.2 Å². The quantitative estimate of drug-likeness (QED) is 0.490. The van der Waals surface area contributed by atoms with Crippen molar-refractivity contribution in [1.29, 1.82) is 0 Å². The van der Waals surface area contributed by atoms with Crippen LogP contribution in [0.2, 0.25) is 0 Å². The summed E-state index contributed by atoms with van der Waals surface area (Å²) in [6, 6.07) is 0.291. The Morgan fingerprint density at radius 3 is 2.90 bits per heavy atom. The number of rotatable bonds is 0. The first-order chi connectivity index (χ1) is 4.79. The van der Waals surface area contributed by atoms with Gasteiger partial charge in [0.25, 0.3) is 0 Å². The summed E-state index contributed by atoms with van der Waals surface area (Å²) >= 11 is 0. The molecule has 1 aliphatic rings. The minimum Gasteiger partial charge on any atom is -0.389 e. The van der Waals surface area contributed by atoms with E-state index < -0.39 is 0 Å². The molecule has 2 heteroatoms. The Kier molecular flexibility index (Phi) is 2.90. The second-order valence-corrected chi connectivity index (χ2v) is 2.91. The molecule has 0 aliphatic heterocycles. The SMILES string of the molecule is NC1CCC=CC(O)CC1. The summed E-state index contributed by atoms with van der Waals surface area (Å²) < 4.78 is 0. The van der Waals surface area contributed by atoms with Gasteiger partial charge in [-0.15, -0.1) is 0 Å². The molecule has 2 nitrogen and oxygen atoms in total. The lowest BCUT2D eigenvalue weighted by Gasteiger charge is -2.14. The van der Waals surface area contributed by atoms with Crippen LogP contribution in [0.25, 0.3) is 0 Å². The van der Waals surface area contributed by atoms with Gasteiger partial charge in [-0.25, -0.2) is 0 Å². The van der Waals surface area contributed by atoms with Crippen LogP contribution in [-0.2, 0) is 0 Å². The lowest BCUT2D eigenvalue weighted by molar-refractivity contribution is 0.202. The molecule has 1 aliphatic carbocycles. The Labute approximate surface area is 61.7 Å². The maximum absolute atomic E-state index is 9.19. The van der Waals surface area contributed by atoms with Gasteiger partial charge in [0.1, 0.15) is 0 Å². The molecule has 0 aromatic heterocycles. The molecule has 3 N–H and O–H groups in total.